The van der Waals surface area contributed by atoms with Gasteiger partial charge in [0, 0.05) is 38.4 Å². The molecular formula is C21H28IN5O. The third-order valence-electron chi connectivity index (χ3n) is 4.69. The predicted octanol–water partition coefficient (Wildman–Crippen LogP) is 3.19. The fraction of sp³-hybridized carbons (Fsp3) is 0.381. The van der Waals surface area contributed by atoms with Gasteiger partial charge in [-0.05, 0) is 49.1 Å². The van der Waals surface area contributed by atoms with E-state index >= 15 is 0 Å². The van der Waals surface area contributed by atoms with Crippen molar-refractivity contribution in [3.63, 3.8) is 0 Å². The number of rotatable bonds is 5. The summed E-state index contributed by atoms with van der Waals surface area (Å²) in [5.74, 6) is 0.858. The van der Waals surface area contributed by atoms with Crippen LogP contribution in [0.5, 0.6) is 0 Å². The average Bonchev–Trinajstić information content (AvgIpc) is 2.75. The number of piperidine rings is 1. The molecule has 0 bridgehead atoms. The van der Waals surface area contributed by atoms with Crippen molar-refractivity contribution in [1.82, 2.24) is 20.5 Å². The van der Waals surface area contributed by atoms with Gasteiger partial charge in [0.05, 0.1) is 12.2 Å². The van der Waals surface area contributed by atoms with Crippen LogP contribution in [0, 0.1) is 0 Å². The normalized spacial score (nSPS) is 14.2. The minimum Gasteiger partial charge on any atom is -0.352 e. The van der Waals surface area contributed by atoms with E-state index in [0.717, 1.165) is 42.8 Å². The number of halogens is 1. The zero-order valence-electron chi connectivity index (χ0n) is 16.2. The van der Waals surface area contributed by atoms with Crippen molar-refractivity contribution in [3.8, 4) is 0 Å². The number of aliphatic imine (C=N–C) groups is 1. The van der Waals surface area contributed by atoms with Crippen LogP contribution in [0.1, 0.15) is 40.9 Å². The van der Waals surface area contributed by atoms with E-state index in [9.17, 15) is 4.79 Å². The van der Waals surface area contributed by atoms with E-state index in [1.807, 2.05) is 47.4 Å². The second-order valence-corrected chi connectivity index (χ2v) is 6.65. The van der Waals surface area contributed by atoms with Gasteiger partial charge in [0.15, 0.2) is 5.96 Å². The summed E-state index contributed by atoms with van der Waals surface area (Å²) in [6.07, 6.45) is 5.22. The summed E-state index contributed by atoms with van der Waals surface area (Å²) in [4.78, 5) is 23.0. The van der Waals surface area contributed by atoms with Crippen LogP contribution in [-0.2, 0) is 13.1 Å². The van der Waals surface area contributed by atoms with E-state index in [1.165, 1.54) is 6.42 Å². The zero-order chi connectivity index (χ0) is 18.9. The number of pyridine rings is 1. The molecule has 1 aliphatic heterocycles. The molecule has 1 aromatic carbocycles. The summed E-state index contributed by atoms with van der Waals surface area (Å²) in [5, 5.41) is 6.53. The van der Waals surface area contributed by atoms with Crippen LogP contribution in [0.25, 0.3) is 0 Å². The Morgan fingerprint density at radius 3 is 2.39 bits per heavy atom. The topological polar surface area (TPSA) is 69.6 Å². The number of hydrogen-bond donors (Lipinski definition) is 2. The van der Waals surface area contributed by atoms with Crippen LogP contribution in [-0.4, -0.2) is 41.9 Å². The molecule has 1 aliphatic rings. The molecule has 1 saturated heterocycles. The van der Waals surface area contributed by atoms with E-state index in [1.54, 1.807) is 13.2 Å². The number of amides is 1. The highest BCUT2D eigenvalue weighted by molar-refractivity contribution is 14.0. The minimum atomic E-state index is 0. The summed E-state index contributed by atoms with van der Waals surface area (Å²) in [6.45, 7) is 3.00. The Morgan fingerprint density at radius 1 is 1.04 bits per heavy atom. The molecule has 0 radical (unpaired) electrons. The number of benzene rings is 1. The number of carbonyl (C=O) groups excluding carboxylic acids is 1. The van der Waals surface area contributed by atoms with Gasteiger partial charge in [0.2, 0.25) is 0 Å². The Balaban J connectivity index is 0.00000280. The van der Waals surface area contributed by atoms with Crippen LogP contribution in [0.2, 0.25) is 0 Å². The molecule has 28 heavy (non-hydrogen) atoms. The lowest BCUT2D eigenvalue weighted by molar-refractivity contribution is 0.0724. The highest BCUT2D eigenvalue weighted by Crippen LogP contribution is 2.13. The predicted molar refractivity (Wildman–Crippen MR) is 123 cm³/mol. The third-order valence-corrected chi connectivity index (χ3v) is 4.69. The van der Waals surface area contributed by atoms with Crippen LogP contribution < -0.4 is 10.6 Å². The van der Waals surface area contributed by atoms with E-state index in [2.05, 4.69) is 20.6 Å². The molecule has 3 rings (SSSR count). The molecule has 2 N–H and O–H groups in total. The Bertz CT molecular complexity index is 758. The van der Waals surface area contributed by atoms with Gasteiger partial charge in [-0.2, -0.15) is 0 Å². The molecule has 2 heterocycles. The molecule has 6 nitrogen and oxygen atoms in total. The van der Waals surface area contributed by atoms with Crippen molar-refractivity contribution < 1.29 is 4.79 Å². The maximum Gasteiger partial charge on any atom is 0.253 e. The first-order chi connectivity index (χ1) is 13.3. The lowest BCUT2D eigenvalue weighted by Gasteiger charge is -2.26. The first-order valence-corrected chi connectivity index (χ1v) is 9.49. The fourth-order valence-corrected chi connectivity index (χ4v) is 3.13. The highest BCUT2D eigenvalue weighted by atomic mass is 127. The van der Waals surface area contributed by atoms with Gasteiger partial charge in [-0.25, -0.2) is 0 Å². The van der Waals surface area contributed by atoms with Crippen molar-refractivity contribution in [2.45, 2.75) is 32.4 Å². The maximum absolute atomic E-state index is 12.5. The van der Waals surface area contributed by atoms with Gasteiger partial charge in [0.1, 0.15) is 0 Å². The van der Waals surface area contributed by atoms with Crippen LogP contribution in [0.15, 0.2) is 53.7 Å². The number of guanidine groups is 1. The zero-order valence-corrected chi connectivity index (χ0v) is 18.6. The Hall–Kier alpha value is -2.16. The summed E-state index contributed by atoms with van der Waals surface area (Å²) in [5.41, 5.74) is 2.82. The largest absolute Gasteiger partial charge is 0.352 e. The van der Waals surface area contributed by atoms with E-state index in [4.69, 9.17) is 0 Å². The average molecular weight is 493 g/mol. The first kappa shape index (κ1) is 22.1. The number of aromatic nitrogens is 1. The van der Waals surface area contributed by atoms with Crippen molar-refractivity contribution in [3.05, 3.63) is 65.5 Å². The number of nitrogens with one attached hydrogen (secondary N) is 2. The first-order valence-electron chi connectivity index (χ1n) is 9.49. The van der Waals surface area contributed by atoms with E-state index < -0.39 is 0 Å². The lowest BCUT2D eigenvalue weighted by Crippen LogP contribution is -2.36. The SMILES string of the molecule is CN=C(NCc1ccc(C(=O)N2CCCCC2)cc1)NCc1ccccn1.I. The molecule has 150 valence electrons. The fourth-order valence-electron chi connectivity index (χ4n) is 3.13. The summed E-state index contributed by atoms with van der Waals surface area (Å²) in [7, 11) is 1.74. The Morgan fingerprint density at radius 2 is 1.75 bits per heavy atom. The molecule has 0 spiro atoms. The smallest absolute Gasteiger partial charge is 0.253 e. The molecule has 1 amide bonds. The molecule has 1 aromatic heterocycles. The third kappa shape index (κ3) is 6.47. The van der Waals surface area contributed by atoms with E-state index in [0.29, 0.717) is 19.0 Å². The Kier molecular flexibility index (Phi) is 9.19. The summed E-state index contributed by atoms with van der Waals surface area (Å²) < 4.78 is 0. The monoisotopic (exact) mass is 493 g/mol. The molecule has 7 heteroatoms. The molecule has 1 fully saturated rings. The van der Waals surface area contributed by atoms with Gasteiger partial charge in [-0.15, -0.1) is 24.0 Å². The van der Waals surface area contributed by atoms with Crippen LogP contribution in [0.3, 0.4) is 0 Å². The lowest BCUT2D eigenvalue weighted by atomic mass is 10.1. The molecule has 0 aliphatic carbocycles. The van der Waals surface area contributed by atoms with Gasteiger partial charge >= 0.3 is 0 Å². The second-order valence-electron chi connectivity index (χ2n) is 6.65. The van der Waals surface area contributed by atoms with Gasteiger partial charge in [-0.1, -0.05) is 18.2 Å². The van der Waals surface area contributed by atoms with Crippen molar-refractivity contribution in [2.75, 3.05) is 20.1 Å². The number of likely N-dealkylation sites (tertiary alicyclic amines) is 1. The van der Waals surface area contributed by atoms with Gasteiger partial charge in [0.25, 0.3) is 5.91 Å². The van der Waals surface area contributed by atoms with Crippen molar-refractivity contribution in [2.24, 2.45) is 4.99 Å². The molecule has 0 atom stereocenters. The van der Waals surface area contributed by atoms with Gasteiger partial charge < -0.3 is 15.5 Å². The van der Waals surface area contributed by atoms with Crippen LogP contribution in [0.4, 0.5) is 0 Å². The highest BCUT2D eigenvalue weighted by Gasteiger charge is 2.17. The molecule has 2 aromatic rings. The molecule has 0 unspecified atom stereocenters. The molecular weight excluding hydrogens is 465 g/mol. The second kappa shape index (κ2) is 11.6. The number of hydrogen-bond acceptors (Lipinski definition) is 3. The van der Waals surface area contributed by atoms with Crippen molar-refractivity contribution in [1.29, 1.82) is 0 Å². The number of nitrogens with zero attached hydrogens (tertiary/aromatic N) is 3. The van der Waals surface area contributed by atoms with Gasteiger partial charge in [-0.3, -0.25) is 14.8 Å². The van der Waals surface area contributed by atoms with E-state index in [-0.39, 0.29) is 29.9 Å². The van der Waals surface area contributed by atoms with Crippen LogP contribution >= 0.6 is 24.0 Å². The minimum absolute atomic E-state index is 0. The molecule has 0 saturated carbocycles. The summed E-state index contributed by atoms with van der Waals surface area (Å²) >= 11 is 0. The quantitative estimate of drug-likeness (QED) is 0.382. The summed E-state index contributed by atoms with van der Waals surface area (Å²) in [6, 6.07) is 13.7. The Labute approximate surface area is 183 Å². The number of carbonyl (C=O) groups is 1. The van der Waals surface area contributed by atoms with Crippen molar-refractivity contribution >= 4 is 35.8 Å². The standard InChI is InChI=1S/C21H27N5O.HI/c1-22-21(25-16-19-7-3-4-12-23-19)24-15-17-8-10-18(11-9-17)20(27)26-13-5-2-6-14-26;/h3-4,7-12H,2,5-6,13-16H2,1H3,(H2,22,24,25);1H. The maximum atomic E-state index is 12.5.